The number of nitrogens with two attached hydrogens (primary N) is 1. The highest BCUT2D eigenvalue weighted by atomic mass is 32.1. The Hall–Kier alpha value is -4.03. The van der Waals surface area contributed by atoms with E-state index in [2.05, 4.69) is 25.9 Å². The molecule has 1 aromatic carbocycles. The second-order valence-electron chi connectivity index (χ2n) is 6.34. The lowest BCUT2D eigenvalue weighted by atomic mass is 10.1. The highest BCUT2D eigenvalue weighted by Gasteiger charge is 2.16. The summed E-state index contributed by atoms with van der Waals surface area (Å²) in [6.07, 6.45) is 1.17. The molecule has 3 amide bonds. The number of amides is 3. The zero-order valence-corrected chi connectivity index (χ0v) is 18.2. The number of anilines is 3. The van der Waals surface area contributed by atoms with E-state index in [0.717, 1.165) is 11.6 Å². The molecule has 162 valence electrons. The van der Waals surface area contributed by atoms with Crippen LogP contribution in [0.2, 0.25) is 0 Å². The molecule has 5 N–H and O–H groups in total. The molecule has 0 radical (unpaired) electrons. The highest BCUT2D eigenvalue weighted by Crippen LogP contribution is 2.38. The maximum Gasteiger partial charge on any atom is 0.320 e. The second-order valence-corrected chi connectivity index (χ2v) is 8.20. The fourth-order valence-electron chi connectivity index (χ4n) is 2.66. The number of urea groups is 1. The van der Waals surface area contributed by atoms with Crippen LogP contribution < -0.4 is 27.1 Å². The maximum absolute atomic E-state index is 12.3. The van der Waals surface area contributed by atoms with Crippen molar-refractivity contribution in [1.82, 2.24) is 15.3 Å². The minimum absolute atomic E-state index is 0.0827. The van der Waals surface area contributed by atoms with Crippen molar-refractivity contribution in [1.29, 1.82) is 0 Å². The summed E-state index contributed by atoms with van der Waals surface area (Å²) in [6.45, 7) is 0. The van der Waals surface area contributed by atoms with Gasteiger partial charge in [0.2, 0.25) is 0 Å². The predicted octanol–water partition coefficient (Wildman–Crippen LogP) is 3.47. The summed E-state index contributed by atoms with van der Waals surface area (Å²) in [5.41, 5.74) is 7.65. The van der Waals surface area contributed by atoms with E-state index >= 15 is 0 Å². The Balaban J connectivity index is 1.54. The van der Waals surface area contributed by atoms with Crippen LogP contribution in [0.15, 0.2) is 57.3 Å². The molecule has 0 saturated heterocycles. The van der Waals surface area contributed by atoms with Crippen molar-refractivity contribution < 1.29 is 14.0 Å². The maximum atomic E-state index is 12.3. The Morgan fingerprint density at radius 2 is 1.97 bits per heavy atom. The number of aromatic nitrogens is 2. The predicted molar refractivity (Wildman–Crippen MR) is 124 cm³/mol. The van der Waals surface area contributed by atoms with Crippen molar-refractivity contribution in [2.75, 3.05) is 23.4 Å². The molecule has 32 heavy (non-hydrogen) atoms. The number of benzene rings is 1. The van der Waals surface area contributed by atoms with Gasteiger partial charge in [0.05, 0.1) is 12.0 Å². The lowest BCUT2D eigenvalue weighted by molar-refractivity contribution is 0.0994. The van der Waals surface area contributed by atoms with Gasteiger partial charge in [-0.3, -0.25) is 14.9 Å². The number of thiazole rings is 2. The summed E-state index contributed by atoms with van der Waals surface area (Å²) in [5.74, 6) is -0.347. The van der Waals surface area contributed by atoms with Gasteiger partial charge in [-0.15, -0.1) is 11.3 Å². The summed E-state index contributed by atoms with van der Waals surface area (Å²) in [6, 6.07) is 9.06. The van der Waals surface area contributed by atoms with Crippen LogP contribution >= 0.6 is 22.7 Å². The van der Waals surface area contributed by atoms with Gasteiger partial charge in [-0.25, -0.2) is 14.8 Å². The van der Waals surface area contributed by atoms with Crippen molar-refractivity contribution in [3.63, 3.8) is 0 Å². The van der Waals surface area contributed by atoms with Gasteiger partial charge in [0, 0.05) is 35.8 Å². The molecule has 4 aromatic rings. The van der Waals surface area contributed by atoms with Gasteiger partial charge in [0.25, 0.3) is 5.91 Å². The van der Waals surface area contributed by atoms with Crippen LogP contribution in [0, 0.1) is 0 Å². The molecule has 0 atom stereocenters. The standard InChI is InChI=1S/C20H16N6O4S2/c1-22-19(29)26-20-25-16(21)15(32-20)18-24-13(9-31-18)10-3-2-4-11(7-10)23-17(28)14-8-12(27)5-6-30-14/h2-9H,21H2,1H3,(H,23,28)(H2,22,25,26,29). The molecule has 0 aliphatic rings. The van der Waals surface area contributed by atoms with Crippen LogP contribution in [0.25, 0.3) is 21.1 Å². The molecule has 0 fully saturated rings. The number of hydrogen-bond donors (Lipinski definition) is 4. The van der Waals surface area contributed by atoms with Crippen molar-refractivity contribution in [2.24, 2.45) is 0 Å². The third-order valence-corrected chi connectivity index (χ3v) is 6.12. The van der Waals surface area contributed by atoms with Crippen LogP contribution in [-0.4, -0.2) is 29.0 Å². The molecule has 12 heteroatoms. The molecule has 3 heterocycles. The molecule has 10 nitrogen and oxygen atoms in total. The normalized spacial score (nSPS) is 10.5. The van der Waals surface area contributed by atoms with Gasteiger partial charge in [-0.05, 0) is 12.1 Å². The van der Waals surface area contributed by atoms with Gasteiger partial charge in [-0.2, -0.15) is 0 Å². The van der Waals surface area contributed by atoms with Crippen LogP contribution in [0.4, 0.5) is 21.4 Å². The van der Waals surface area contributed by atoms with Crippen molar-refractivity contribution in [2.45, 2.75) is 0 Å². The van der Waals surface area contributed by atoms with Crippen molar-refractivity contribution >= 4 is 51.2 Å². The summed E-state index contributed by atoms with van der Waals surface area (Å²) in [7, 11) is 1.51. The third-order valence-electron chi connectivity index (χ3n) is 4.14. The summed E-state index contributed by atoms with van der Waals surface area (Å²) >= 11 is 2.60. The van der Waals surface area contributed by atoms with Gasteiger partial charge in [0.1, 0.15) is 15.7 Å². The molecular weight excluding hydrogens is 452 g/mol. The molecule has 0 spiro atoms. The van der Waals surface area contributed by atoms with Gasteiger partial charge >= 0.3 is 6.03 Å². The quantitative estimate of drug-likeness (QED) is 0.350. The van der Waals surface area contributed by atoms with Gasteiger partial charge < -0.3 is 20.8 Å². The number of carbonyl (C=O) groups excluding carboxylic acids is 2. The number of rotatable bonds is 5. The molecule has 0 bridgehead atoms. The van der Waals surface area contributed by atoms with E-state index in [0.29, 0.717) is 26.4 Å². The van der Waals surface area contributed by atoms with E-state index in [1.165, 1.54) is 42.1 Å². The van der Waals surface area contributed by atoms with E-state index in [1.807, 2.05) is 11.4 Å². The summed E-state index contributed by atoms with van der Waals surface area (Å²) in [4.78, 5) is 44.7. The fraction of sp³-hybridized carbons (Fsp3) is 0.0500. The Morgan fingerprint density at radius 3 is 2.75 bits per heavy atom. The molecular formula is C20H16N6O4S2. The van der Waals surface area contributed by atoms with Crippen LogP contribution in [0.1, 0.15) is 10.6 Å². The molecule has 4 rings (SSSR count). The molecule has 0 aliphatic heterocycles. The first-order chi connectivity index (χ1) is 15.4. The van der Waals surface area contributed by atoms with E-state index in [1.54, 1.807) is 18.2 Å². The first-order valence-corrected chi connectivity index (χ1v) is 10.8. The Morgan fingerprint density at radius 1 is 1.12 bits per heavy atom. The molecule has 3 aromatic heterocycles. The first kappa shape index (κ1) is 21.2. The van der Waals surface area contributed by atoms with E-state index in [9.17, 15) is 14.4 Å². The van der Waals surface area contributed by atoms with Gasteiger partial charge in [0.15, 0.2) is 16.3 Å². The van der Waals surface area contributed by atoms with E-state index in [4.69, 9.17) is 10.2 Å². The smallest absolute Gasteiger partial charge is 0.320 e. The number of nitrogen functional groups attached to an aromatic ring is 1. The zero-order valence-electron chi connectivity index (χ0n) is 16.5. The molecule has 0 unspecified atom stereocenters. The zero-order chi connectivity index (χ0) is 22.7. The topological polar surface area (TPSA) is 152 Å². The number of hydrogen-bond acceptors (Lipinski definition) is 9. The second kappa shape index (κ2) is 8.99. The van der Waals surface area contributed by atoms with E-state index < -0.39 is 11.9 Å². The monoisotopic (exact) mass is 468 g/mol. The van der Waals surface area contributed by atoms with E-state index in [-0.39, 0.29) is 17.0 Å². The third kappa shape index (κ3) is 4.66. The average Bonchev–Trinajstić information content (AvgIpc) is 3.40. The fourth-order valence-corrected chi connectivity index (χ4v) is 4.47. The number of carbonyl (C=O) groups is 2. The van der Waals surface area contributed by atoms with Crippen molar-refractivity contribution in [3.05, 3.63) is 64.0 Å². The lowest BCUT2D eigenvalue weighted by Gasteiger charge is -2.05. The highest BCUT2D eigenvalue weighted by molar-refractivity contribution is 7.23. The minimum Gasteiger partial charge on any atom is -0.459 e. The summed E-state index contributed by atoms with van der Waals surface area (Å²) in [5, 5.41) is 10.6. The first-order valence-electron chi connectivity index (χ1n) is 9.14. The largest absolute Gasteiger partial charge is 0.459 e. The average molecular weight is 469 g/mol. The van der Waals surface area contributed by atoms with Crippen LogP contribution in [0.3, 0.4) is 0 Å². The lowest BCUT2D eigenvalue weighted by Crippen LogP contribution is -2.24. The molecule has 0 aliphatic carbocycles. The summed E-state index contributed by atoms with van der Waals surface area (Å²) < 4.78 is 5.08. The minimum atomic E-state index is -0.535. The van der Waals surface area contributed by atoms with Crippen LogP contribution in [-0.2, 0) is 0 Å². The number of nitrogens with zero attached hydrogens (tertiary/aromatic N) is 2. The SMILES string of the molecule is CNC(=O)Nc1nc(N)c(-c2nc(-c3cccc(NC(=O)c4cc(=O)cco4)c3)cs2)s1. The Labute approximate surface area is 189 Å². The Kier molecular flexibility index (Phi) is 5.96. The Bertz CT molecular complexity index is 1360. The van der Waals surface area contributed by atoms with Crippen LogP contribution in [0.5, 0.6) is 0 Å². The van der Waals surface area contributed by atoms with Crippen molar-refractivity contribution in [3.8, 4) is 21.1 Å². The number of nitrogens with one attached hydrogen (secondary N) is 3. The molecule has 0 saturated carbocycles. The van der Waals surface area contributed by atoms with Gasteiger partial charge in [-0.1, -0.05) is 23.5 Å².